The minimum Gasteiger partial charge on any atom is -0.414 e. The number of benzene rings is 2. The highest BCUT2D eigenvalue weighted by Gasteiger charge is 2.24. The van der Waals surface area contributed by atoms with Crippen LogP contribution in [0.15, 0.2) is 70.0 Å². The molecule has 7 heteroatoms. The van der Waals surface area contributed by atoms with E-state index in [-0.39, 0.29) is 16.5 Å². The van der Waals surface area contributed by atoms with E-state index < -0.39 is 9.84 Å². The molecule has 0 saturated carbocycles. The van der Waals surface area contributed by atoms with Crippen LogP contribution in [0.5, 0.6) is 0 Å². The van der Waals surface area contributed by atoms with Gasteiger partial charge in [0.05, 0.1) is 10.6 Å². The summed E-state index contributed by atoms with van der Waals surface area (Å²) < 4.78 is 30.8. The Bertz CT molecular complexity index is 948. The van der Waals surface area contributed by atoms with Crippen molar-refractivity contribution in [2.24, 2.45) is 0 Å². The van der Waals surface area contributed by atoms with E-state index in [0.717, 1.165) is 5.56 Å². The Morgan fingerprint density at radius 1 is 1.04 bits per heavy atom. The maximum Gasteiger partial charge on any atom is 0.284 e. The van der Waals surface area contributed by atoms with Crippen LogP contribution in [0.4, 0.5) is 0 Å². The zero-order valence-electron chi connectivity index (χ0n) is 12.8. The predicted octanol–water partition coefficient (Wildman–Crippen LogP) is 3.53. The number of sulfone groups is 1. The third-order valence-electron chi connectivity index (χ3n) is 3.70. The monoisotopic (exact) mass is 360 g/mol. The number of aromatic nitrogens is 2. The molecule has 0 radical (unpaired) electrons. The molecule has 3 rings (SSSR count). The van der Waals surface area contributed by atoms with Crippen molar-refractivity contribution in [3.05, 3.63) is 77.0 Å². The van der Waals surface area contributed by atoms with Gasteiger partial charge in [-0.3, -0.25) is 0 Å². The first-order chi connectivity index (χ1) is 11.5. The molecule has 1 N–H and O–H groups in total. The first-order valence-electron chi connectivity index (χ1n) is 7.42. The molecule has 5 nitrogen and oxygen atoms in total. The summed E-state index contributed by atoms with van der Waals surface area (Å²) in [5, 5.41) is 6.56. The van der Waals surface area contributed by atoms with Crippen molar-refractivity contribution < 1.29 is 12.8 Å². The summed E-state index contributed by atoms with van der Waals surface area (Å²) in [7, 11) is -3.43. The van der Waals surface area contributed by atoms with Gasteiger partial charge in [-0.15, -0.1) is 5.10 Å². The normalized spacial score (nSPS) is 12.8. The van der Waals surface area contributed by atoms with Crippen molar-refractivity contribution in [1.82, 2.24) is 10.2 Å². The van der Waals surface area contributed by atoms with E-state index >= 15 is 0 Å². The van der Waals surface area contributed by atoms with Gasteiger partial charge in [0.25, 0.3) is 4.84 Å². The summed E-state index contributed by atoms with van der Waals surface area (Å²) in [6.07, 6.45) is 0.350. The van der Waals surface area contributed by atoms with Gasteiger partial charge in [0, 0.05) is 12.3 Å². The Hall–Kier alpha value is -2.25. The average Bonchev–Trinajstić information content (AvgIpc) is 3.01. The van der Waals surface area contributed by atoms with Crippen molar-refractivity contribution in [1.29, 1.82) is 0 Å². The highest BCUT2D eigenvalue weighted by atomic mass is 32.2. The standard InChI is InChI=1S/C17H16N2O3S2/c20-24(21,15-9-5-2-6-10-15)12-14(13-7-3-1-4-8-13)11-16-18-19-17(23)22-16/h1-10,14H,11-12H2,(H,19,23). The number of nitrogens with one attached hydrogen (secondary N) is 1. The summed E-state index contributed by atoms with van der Waals surface area (Å²) in [6, 6.07) is 17.9. The lowest BCUT2D eigenvalue weighted by Gasteiger charge is -2.16. The van der Waals surface area contributed by atoms with Crippen molar-refractivity contribution >= 4 is 22.1 Å². The molecule has 0 saturated heterocycles. The molecule has 0 aliphatic rings. The van der Waals surface area contributed by atoms with Gasteiger partial charge < -0.3 is 4.42 Å². The van der Waals surface area contributed by atoms with Gasteiger partial charge in [-0.1, -0.05) is 48.5 Å². The molecule has 1 aromatic heterocycles. The van der Waals surface area contributed by atoms with Crippen LogP contribution in [0.2, 0.25) is 0 Å². The van der Waals surface area contributed by atoms with Crippen LogP contribution in [0.1, 0.15) is 17.4 Å². The van der Waals surface area contributed by atoms with Crippen LogP contribution < -0.4 is 0 Å². The molecule has 24 heavy (non-hydrogen) atoms. The maximum atomic E-state index is 12.7. The second kappa shape index (κ2) is 7.11. The van der Waals surface area contributed by atoms with Gasteiger partial charge in [-0.05, 0) is 29.9 Å². The Kier molecular flexibility index (Phi) is 4.92. The first-order valence-corrected chi connectivity index (χ1v) is 9.48. The lowest BCUT2D eigenvalue weighted by atomic mass is 9.98. The quantitative estimate of drug-likeness (QED) is 0.681. The van der Waals surface area contributed by atoms with E-state index in [2.05, 4.69) is 10.2 Å². The van der Waals surface area contributed by atoms with Gasteiger partial charge in [-0.25, -0.2) is 13.5 Å². The summed E-state index contributed by atoms with van der Waals surface area (Å²) in [6.45, 7) is 0. The van der Waals surface area contributed by atoms with E-state index in [1.54, 1.807) is 30.3 Å². The van der Waals surface area contributed by atoms with Crippen molar-refractivity contribution in [3.63, 3.8) is 0 Å². The van der Waals surface area contributed by atoms with Crippen molar-refractivity contribution in [2.75, 3.05) is 5.75 Å². The summed E-state index contributed by atoms with van der Waals surface area (Å²) in [4.78, 5) is 0.497. The zero-order valence-corrected chi connectivity index (χ0v) is 14.4. The number of H-pyrrole nitrogens is 1. The third-order valence-corrected chi connectivity index (χ3v) is 5.70. The molecular weight excluding hydrogens is 344 g/mol. The van der Waals surface area contributed by atoms with Gasteiger partial charge in [-0.2, -0.15) is 0 Å². The topological polar surface area (TPSA) is 76.0 Å². The molecule has 0 aliphatic heterocycles. The smallest absolute Gasteiger partial charge is 0.284 e. The number of aromatic amines is 1. The Balaban J connectivity index is 1.91. The van der Waals surface area contributed by atoms with Gasteiger partial charge in [0.15, 0.2) is 9.84 Å². The molecule has 0 fully saturated rings. The molecule has 2 aromatic carbocycles. The van der Waals surface area contributed by atoms with E-state index in [1.165, 1.54) is 0 Å². The van der Waals surface area contributed by atoms with Crippen LogP contribution >= 0.6 is 12.2 Å². The SMILES string of the molecule is O=S(=O)(CC(Cc1n[nH]c(=S)o1)c1ccccc1)c1ccccc1. The zero-order chi connectivity index (χ0) is 17.0. The van der Waals surface area contributed by atoms with Gasteiger partial charge >= 0.3 is 0 Å². The minimum absolute atomic E-state index is 0.0316. The van der Waals surface area contributed by atoms with Gasteiger partial charge in [0.1, 0.15) is 0 Å². The van der Waals surface area contributed by atoms with E-state index in [9.17, 15) is 8.42 Å². The van der Waals surface area contributed by atoms with Gasteiger partial charge in [0.2, 0.25) is 5.89 Å². The molecule has 1 unspecified atom stereocenters. The number of hydrogen-bond donors (Lipinski definition) is 1. The lowest BCUT2D eigenvalue weighted by molar-refractivity contribution is 0.465. The van der Waals surface area contributed by atoms with Crippen LogP contribution in [0, 0.1) is 4.84 Å². The maximum absolute atomic E-state index is 12.7. The van der Waals surface area contributed by atoms with E-state index in [4.69, 9.17) is 16.6 Å². The van der Waals surface area contributed by atoms with Crippen LogP contribution in [0.25, 0.3) is 0 Å². The predicted molar refractivity (Wildman–Crippen MR) is 93.1 cm³/mol. The molecule has 0 amide bonds. The summed E-state index contributed by atoms with van der Waals surface area (Å²) in [5.41, 5.74) is 0.918. The largest absolute Gasteiger partial charge is 0.414 e. The Morgan fingerprint density at radius 2 is 1.67 bits per heavy atom. The van der Waals surface area contributed by atoms with Crippen molar-refractivity contribution in [3.8, 4) is 0 Å². The molecule has 0 aliphatic carbocycles. The van der Waals surface area contributed by atoms with Crippen LogP contribution in [-0.2, 0) is 16.3 Å². The van der Waals surface area contributed by atoms with E-state index in [1.807, 2.05) is 30.3 Å². The Morgan fingerprint density at radius 3 is 2.25 bits per heavy atom. The number of rotatable bonds is 6. The highest BCUT2D eigenvalue weighted by Crippen LogP contribution is 2.25. The van der Waals surface area contributed by atoms with Crippen molar-refractivity contribution in [2.45, 2.75) is 17.2 Å². The summed E-state index contributed by atoms with van der Waals surface area (Å²) >= 11 is 4.89. The fraction of sp³-hybridized carbons (Fsp3) is 0.176. The molecule has 0 spiro atoms. The number of nitrogens with zero attached hydrogens (tertiary/aromatic N) is 1. The second-order valence-corrected chi connectivity index (χ2v) is 7.82. The lowest BCUT2D eigenvalue weighted by Crippen LogP contribution is -2.17. The second-order valence-electron chi connectivity index (χ2n) is 5.41. The molecular formula is C17H16N2O3S2. The number of hydrogen-bond acceptors (Lipinski definition) is 5. The fourth-order valence-corrected chi connectivity index (χ4v) is 4.29. The Labute approximate surface area is 145 Å². The minimum atomic E-state index is -3.43. The van der Waals surface area contributed by atoms with Crippen LogP contribution in [0.3, 0.4) is 0 Å². The first kappa shape index (κ1) is 16.6. The molecule has 1 atom stereocenters. The molecule has 3 aromatic rings. The third kappa shape index (κ3) is 3.98. The molecule has 124 valence electrons. The van der Waals surface area contributed by atoms with E-state index in [0.29, 0.717) is 17.2 Å². The molecule has 1 heterocycles. The van der Waals surface area contributed by atoms with Crippen LogP contribution in [-0.4, -0.2) is 24.4 Å². The summed E-state index contributed by atoms with van der Waals surface area (Å²) in [5.74, 6) is 0.0888. The molecule has 0 bridgehead atoms. The average molecular weight is 360 g/mol. The fourth-order valence-electron chi connectivity index (χ4n) is 2.55. The highest BCUT2D eigenvalue weighted by molar-refractivity contribution is 7.91.